The Morgan fingerprint density at radius 3 is 2.40 bits per heavy atom. The highest BCUT2D eigenvalue weighted by molar-refractivity contribution is 5.91. The standard InChI is InChI=1S/C33H37N7O2/c1-33(2,3)42-32(41)39-17-7-12-28(39)31-35-18-25(37-31)21-13-15-23(16-14-21)40-20-36-29-24(10-6-11-27(29)40)26-19-34-30(38-26)22-8-4-5-9-22/h6,10-11,13-16,18-20,22,28H,4-5,7-9,12,17H2,1-3H3,(H,34,38)(H,35,37)/t28-/m0/s1. The lowest BCUT2D eigenvalue weighted by atomic mass is 10.1. The number of benzene rings is 2. The Kier molecular flexibility index (Phi) is 6.60. The van der Waals surface area contributed by atoms with Crippen molar-refractivity contribution >= 4 is 17.1 Å². The Hall–Kier alpha value is -4.40. The average molecular weight is 564 g/mol. The molecule has 1 atom stereocenters. The lowest BCUT2D eigenvalue weighted by Crippen LogP contribution is -2.36. The largest absolute Gasteiger partial charge is 0.444 e. The number of nitrogens with one attached hydrogen (secondary N) is 2. The lowest BCUT2D eigenvalue weighted by molar-refractivity contribution is 0.0218. The number of ether oxygens (including phenoxy) is 1. The highest BCUT2D eigenvalue weighted by Gasteiger charge is 2.34. The molecule has 1 amide bonds. The van der Waals surface area contributed by atoms with E-state index in [0.29, 0.717) is 12.5 Å². The fourth-order valence-corrected chi connectivity index (χ4v) is 6.39. The van der Waals surface area contributed by atoms with Gasteiger partial charge in [0, 0.05) is 23.7 Å². The van der Waals surface area contributed by atoms with Crippen LogP contribution >= 0.6 is 0 Å². The maximum Gasteiger partial charge on any atom is 0.410 e. The number of carbonyl (C=O) groups excluding carboxylic acids is 1. The van der Waals surface area contributed by atoms with Crippen molar-refractivity contribution in [2.24, 2.45) is 0 Å². The predicted molar refractivity (Wildman–Crippen MR) is 162 cm³/mol. The number of likely N-dealkylation sites (tertiary alicyclic amines) is 1. The number of aromatic amines is 2. The third-order valence-electron chi connectivity index (χ3n) is 8.45. The van der Waals surface area contributed by atoms with E-state index in [-0.39, 0.29) is 12.1 Å². The van der Waals surface area contributed by atoms with E-state index in [9.17, 15) is 4.79 Å². The summed E-state index contributed by atoms with van der Waals surface area (Å²) >= 11 is 0. The molecule has 0 unspecified atom stereocenters. The summed E-state index contributed by atoms with van der Waals surface area (Å²) in [6, 6.07) is 14.6. The van der Waals surface area contributed by atoms with Crippen LogP contribution in [0.3, 0.4) is 0 Å². The monoisotopic (exact) mass is 563 g/mol. The van der Waals surface area contributed by atoms with E-state index < -0.39 is 5.60 Å². The first-order valence-corrected chi connectivity index (χ1v) is 15.0. The molecule has 2 N–H and O–H groups in total. The molecule has 4 heterocycles. The van der Waals surface area contributed by atoms with Gasteiger partial charge in [0.1, 0.15) is 23.6 Å². The number of hydrogen-bond donors (Lipinski definition) is 2. The van der Waals surface area contributed by atoms with Crippen LogP contribution in [0.2, 0.25) is 0 Å². The summed E-state index contributed by atoms with van der Waals surface area (Å²) in [6.45, 7) is 6.35. The van der Waals surface area contributed by atoms with Crippen molar-refractivity contribution in [2.75, 3.05) is 6.54 Å². The van der Waals surface area contributed by atoms with Gasteiger partial charge in [0.05, 0.1) is 40.9 Å². The molecule has 216 valence electrons. The molecule has 1 saturated heterocycles. The van der Waals surface area contributed by atoms with Crippen LogP contribution in [0.5, 0.6) is 0 Å². The Morgan fingerprint density at radius 1 is 0.881 bits per heavy atom. The van der Waals surface area contributed by atoms with Gasteiger partial charge in [0.2, 0.25) is 0 Å². The van der Waals surface area contributed by atoms with Crippen LogP contribution < -0.4 is 0 Å². The third kappa shape index (κ3) is 4.97. The molecule has 0 radical (unpaired) electrons. The minimum Gasteiger partial charge on any atom is -0.444 e. The van der Waals surface area contributed by atoms with Gasteiger partial charge in [0.15, 0.2) is 0 Å². The smallest absolute Gasteiger partial charge is 0.410 e. The van der Waals surface area contributed by atoms with Crippen LogP contribution in [0.25, 0.3) is 39.2 Å². The van der Waals surface area contributed by atoms with Crippen LogP contribution in [0, 0.1) is 0 Å². The molecule has 0 spiro atoms. The van der Waals surface area contributed by atoms with E-state index in [1.54, 1.807) is 4.90 Å². The highest BCUT2D eigenvalue weighted by Crippen LogP contribution is 2.36. The Balaban J connectivity index is 1.11. The molecule has 3 aromatic heterocycles. The van der Waals surface area contributed by atoms with Crippen molar-refractivity contribution in [3.8, 4) is 28.2 Å². The number of imidazole rings is 3. The van der Waals surface area contributed by atoms with Gasteiger partial charge in [-0.3, -0.25) is 9.47 Å². The third-order valence-corrected chi connectivity index (χ3v) is 8.45. The summed E-state index contributed by atoms with van der Waals surface area (Å²) in [5.41, 5.74) is 6.53. The molecule has 9 nitrogen and oxygen atoms in total. The van der Waals surface area contributed by atoms with Crippen molar-refractivity contribution < 1.29 is 9.53 Å². The van der Waals surface area contributed by atoms with E-state index in [1.165, 1.54) is 25.7 Å². The number of nitrogens with zero attached hydrogens (tertiary/aromatic N) is 5. The average Bonchev–Trinajstić information content (AvgIpc) is 3.80. The first kappa shape index (κ1) is 26.5. The number of rotatable bonds is 5. The molecule has 9 heteroatoms. The van der Waals surface area contributed by atoms with Gasteiger partial charge in [-0.2, -0.15) is 0 Å². The summed E-state index contributed by atoms with van der Waals surface area (Å²) in [5.74, 6) is 2.43. The molecule has 2 aromatic carbocycles. The molecule has 0 bridgehead atoms. The normalized spacial score (nSPS) is 17.9. The second kappa shape index (κ2) is 10.5. The zero-order valence-corrected chi connectivity index (χ0v) is 24.4. The minimum absolute atomic E-state index is 0.108. The Morgan fingerprint density at radius 2 is 1.62 bits per heavy atom. The van der Waals surface area contributed by atoms with Gasteiger partial charge in [-0.15, -0.1) is 0 Å². The van der Waals surface area contributed by atoms with E-state index in [2.05, 4.69) is 62.0 Å². The van der Waals surface area contributed by atoms with Crippen molar-refractivity contribution in [2.45, 2.75) is 76.9 Å². The van der Waals surface area contributed by atoms with E-state index >= 15 is 0 Å². The summed E-state index contributed by atoms with van der Waals surface area (Å²) < 4.78 is 7.75. The summed E-state index contributed by atoms with van der Waals surface area (Å²) in [5, 5.41) is 0. The molecule has 1 aliphatic carbocycles. The SMILES string of the molecule is CC(C)(C)OC(=O)N1CCC[C@H]1c1ncc(-c2ccc(-n3cnc4c(-c5cnc(C6CCCC6)[nH]5)cccc43)cc2)[nH]1. The Bertz CT molecular complexity index is 1720. The van der Waals surface area contributed by atoms with Crippen LogP contribution in [-0.2, 0) is 4.74 Å². The van der Waals surface area contributed by atoms with E-state index in [0.717, 1.165) is 63.7 Å². The number of H-pyrrole nitrogens is 2. The zero-order valence-electron chi connectivity index (χ0n) is 24.4. The fourth-order valence-electron chi connectivity index (χ4n) is 6.39. The second-order valence-corrected chi connectivity index (χ2v) is 12.5. The number of amides is 1. The number of aromatic nitrogens is 6. The number of para-hydroxylation sites is 1. The van der Waals surface area contributed by atoms with Crippen molar-refractivity contribution in [3.05, 3.63) is 72.8 Å². The maximum atomic E-state index is 12.8. The summed E-state index contributed by atoms with van der Waals surface area (Å²) in [7, 11) is 0. The van der Waals surface area contributed by atoms with Crippen LogP contribution in [0.1, 0.15) is 82.9 Å². The predicted octanol–water partition coefficient (Wildman–Crippen LogP) is 7.54. The number of hydrogen-bond acceptors (Lipinski definition) is 5. The topological polar surface area (TPSA) is 105 Å². The highest BCUT2D eigenvalue weighted by atomic mass is 16.6. The molecule has 7 rings (SSSR count). The Labute approximate surface area is 245 Å². The van der Waals surface area contributed by atoms with E-state index in [1.807, 2.05) is 39.5 Å². The first-order chi connectivity index (χ1) is 20.3. The summed E-state index contributed by atoms with van der Waals surface area (Å²) in [6.07, 6.45) is 12.2. The number of carbonyl (C=O) groups is 1. The molecule has 5 aromatic rings. The van der Waals surface area contributed by atoms with Crippen molar-refractivity contribution in [1.29, 1.82) is 0 Å². The van der Waals surface area contributed by atoms with Gasteiger partial charge in [-0.1, -0.05) is 37.1 Å². The lowest BCUT2D eigenvalue weighted by Gasteiger charge is -2.27. The molecular weight excluding hydrogens is 526 g/mol. The van der Waals surface area contributed by atoms with Crippen molar-refractivity contribution in [3.63, 3.8) is 0 Å². The van der Waals surface area contributed by atoms with Crippen LogP contribution in [0.15, 0.2) is 61.2 Å². The summed E-state index contributed by atoms with van der Waals surface area (Å²) in [4.78, 5) is 35.8. The fraction of sp³-hybridized carbons (Fsp3) is 0.394. The first-order valence-electron chi connectivity index (χ1n) is 15.0. The quantitative estimate of drug-likeness (QED) is 0.230. The molecule has 2 aliphatic rings. The zero-order chi connectivity index (χ0) is 28.8. The van der Waals surface area contributed by atoms with Crippen molar-refractivity contribution in [1.82, 2.24) is 34.4 Å². The van der Waals surface area contributed by atoms with Crippen LogP contribution in [-0.4, -0.2) is 52.6 Å². The van der Waals surface area contributed by atoms with Crippen LogP contribution in [0.4, 0.5) is 4.79 Å². The van der Waals surface area contributed by atoms with Gasteiger partial charge >= 0.3 is 6.09 Å². The second-order valence-electron chi connectivity index (χ2n) is 12.5. The van der Waals surface area contributed by atoms with Gasteiger partial charge < -0.3 is 14.7 Å². The molecule has 1 aliphatic heterocycles. The van der Waals surface area contributed by atoms with Gasteiger partial charge in [-0.25, -0.2) is 19.7 Å². The molecule has 42 heavy (non-hydrogen) atoms. The molecular formula is C33H37N7O2. The molecule has 2 fully saturated rings. The maximum absolute atomic E-state index is 12.8. The number of fused-ring (bicyclic) bond motifs is 1. The molecule has 1 saturated carbocycles. The van der Waals surface area contributed by atoms with Gasteiger partial charge in [-0.05, 0) is 70.2 Å². The van der Waals surface area contributed by atoms with E-state index in [4.69, 9.17) is 14.7 Å². The minimum atomic E-state index is -0.528. The van der Waals surface area contributed by atoms with Gasteiger partial charge in [0.25, 0.3) is 0 Å².